The lowest BCUT2D eigenvalue weighted by molar-refractivity contribution is -0.142. The number of benzene rings is 1. The molecule has 1 amide bonds. The van der Waals surface area contributed by atoms with Crippen LogP contribution in [0.4, 0.5) is 8.78 Å². The Morgan fingerprint density at radius 2 is 1.90 bits per heavy atom. The number of halogens is 2. The Morgan fingerprint density at radius 3 is 2.40 bits per heavy atom. The van der Waals surface area contributed by atoms with Gasteiger partial charge >= 0.3 is 5.97 Å². The number of rotatable bonds is 6. The van der Waals surface area contributed by atoms with Gasteiger partial charge in [-0.2, -0.15) is 0 Å². The van der Waals surface area contributed by atoms with E-state index in [-0.39, 0.29) is 5.56 Å². The first-order valence-corrected chi connectivity index (χ1v) is 6.42. The van der Waals surface area contributed by atoms with Crippen LogP contribution >= 0.6 is 0 Å². The summed E-state index contributed by atoms with van der Waals surface area (Å²) < 4.78 is 26.8. The minimum absolute atomic E-state index is 0.321. The maximum atomic E-state index is 13.4. The lowest BCUT2D eigenvalue weighted by atomic mass is 10.1. The number of hydrogen-bond acceptors (Lipinski definition) is 2. The lowest BCUT2D eigenvalue weighted by Gasteiger charge is -2.14. The molecule has 1 aromatic rings. The summed E-state index contributed by atoms with van der Waals surface area (Å²) >= 11 is 0. The zero-order valence-electron chi connectivity index (χ0n) is 10.7. The Morgan fingerprint density at radius 1 is 1.30 bits per heavy atom. The predicted molar refractivity (Wildman–Crippen MR) is 67.0 cm³/mol. The number of carbonyl (C=O) groups excluding carboxylic acids is 1. The number of carboxylic acid groups (broad SMARTS) is 1. The van der Waals surface area contributed by atoms with Crippen LogP contribution in [0.1, 0.15) is 24.8 Å². The monoisotopic (exact) mass is 283 g/mol. The van der Waals surface area contributed by atoms with Gasteiger partial charge in [-0.3, -0.25) is 4.79 Å². The van der Waals surface area contributed by atoms with Crippen molar-refractivity contribution < 1.29 is 23.5 Å². The van der Waals surface area contributed by atoms with Gasteiger partial charge in [-0.1, -0.05) is 18.9 Å². The van der Waals surface area contributed by atoms with Gasteiger partial charge in [0.05, 0.1) is 6.42 Å². The molecule has 6 heteroatoms. The fraction of sp³-hybridized carbons (Fsp3) is 0.429. The molecule has 0 spiro atoms. The molecular weight excluding hydrogens is 268 g/mol. The largest absolute Gasteiger partial charge is 0.480 e. The molecule has 1 fully saturated rings. The molecule has 4 nitrogen and oxygen atoms in total. The molecule has 0 aromatic heterocycles. The minimum atomic E-state index is -1.13. The van der Waals surface area contributed by atoms with Crippen LogP contribution in [-0.4, -0.2) is 23.0 Å². The number of nitrogens with one attached hydrogen (secondary N) is 1. The molecule has 2 N–H and O–H groups in total. The minimum Gasteiger partial charge on any atom is -0.480 e. The van der Waals surface area contributed by atoms with Crippen LogP contribution in [-0.2, 0) is 16.0 Å². The first-order chi connectivity index (χ1) is 9.47. The maximum Gasteiger partial charge on any atom is 0.326 e. The van der Waals surface area contributed by atoms with Crippen molar-refractivity contribution in [1.29, 1.82) is 0 Å². The molecule has 1 atom stereocenters. The lowest BCUT2D eigenvalue weighted by Crippen LogP contribution is -2.42. The highest BCUT2D eigenvalue weighted by molar-refractivity contribution is 5.84. The van der Waals surface area contributed by atoms with Crippen LogP contribution in [0, 0.1) is 17.6 Å². The number of hydrogen-bond donors (Lipinski definition) is 2. The van der Waals surface area contributed by atoms with E-state index in [0.29, 0.717) is 12.3 Å². The zero-order chi connectivity index (χ0) is 14.7. The van der Waals surface area contributed by atoms with Gasteiger partial charge in [0.15, 0.2) is 0 Å². The molecule has 0 heterocycles. The van der Waals surface area contributed by atoms with Gasteiger partial charge < -0.3 is 10.4 Å². The molecule has 108 valence electrons. The highest BCUT2D eigenvalue weighted by Gasteiger charge is 2.30. The van der Waals surface area contributed by atoms with Crippen LogP contribution < -0.4 is 5.32 Å². The summed E-state index contributed by atoms with van der Waals surface area (Å²) in [6.07, 6.45) is 1.77. The average molecular weight is 283 g/mol. The molecule has 0 bridgehead atoms. The van der Waals surface area contributed by atoms with E-state index in [2.05, 4.69) is 5.32 Å². The molecule has 1 saturated carbocycles. The average Bonchev–Trinajstić information content (AvgIpc) is 3.17. The number of carbonyl (C=O) groups is 2. The summed E-state index contributed by atoms with van der Waals surface area (Å²) in [7, 11) is 0. The normalized spacial score (nSPS) is 15.7. The summed E-state index contributed by atoms with van der Waals surface area (Å²) in [5.74, 6) is -3.12. The number of amides is 1. The molecule has 1 aliphatic rings. The van der Waals surface area contributed by atoms with Gasteiger partial charge in [-0.25, -0.2) is 13.6 Å². The SMILES string of the molecule is O=C(Cc1c(F)cccc1F)N[C@H](CC1CC1)C(=O)O. The van der Waals surface area contributed by atoms with E-state index in [1.807, 2.05) is 0 Å². The third-order valence-corrected chi connectivity index (χ3v) is 3.30. The Hall–Kier alpha value is -1.98. The smallest absolute Gasteiger partial charge is 0.326 e. The standard InChI is InChI=1S/C14H15F2NO3/c15-10-2-1-3-11(16)9(10)7-13(18)17-12(14(19)20)6-8-4-5-8/h1-3,8,12H,4-7H2,(H,17,18)(H,19,20)/t12-/m1/s1. The molecule has 20 heavy (non-hydrogen) atoms. The Bertz CT molecular complexity index is 509. The quantitative estimate of drug-likeness (QED) is 0.837. The van der Waals surface area contributed by atoms with Crippen molar-refractivity contribution >= 4 is 11.9 Å². The summed E-state index contributed by atoms with van der Waals surface area (Å²) in [4.78, 5) is 22.7. The van der Waals surface area contributed by atoms with Crippen LogP contribution in [0.25, 0.3) is 0 Å². The Labute approximate surface area is 114 Å². The molecular formula is C14H15F2NO3. The van der Waals surface area contributed by atoms with E-state index in [9.17, 15) is 18.4 Å². The number of aliphatic carboxylic acids is 1. The van der Waals surface area contributed by atoms with Gasteiger partial charge in [0, 0.05) is 5.56 Å². The van der Waals surface area contributed by atoms with Crippen molar-refractivity contribution in [2.45, 2.75) is 31.7 Å². The van der Waals surface area contributed by atoms with E-state index >= 15 is 0 Å². The molecule has 0 aliphatic heterocycles. The van der Waals surface area contributed by atoms with Crippen LogP contribution in [0.2, 0.25) is 0 Å². The Balaban J connectivity index is 1.98. The summed E-state index contributed by atoms with van der Waals surface area (Å²) in [6, 6.07) is 2.33. The molecule has 0 radical (unpaired) electrons. The van der Waals surface area contributed by atoms with Gasteiger partial charge in [0.25, 0.3) is 0 Å². The van der Waals surface area contributed by atoms with Crippen molar-refractivity contribution in [3.05, 3.63) is 35.4 Å². The fourth-order valence-corrected chi connectivity index (χ4v) is 2.02. The van der Waals surface area contributed by atoms with E-state index in [1.54, 1.807) is 0 Å². The van der Waals surface area contributed by atoms with E-state index in [4.69, 9.17) is 5.11 Å². The summed E-state index contributed by atoms with van der Waals surface area (Å²) in [5, 5.41) is 11.3. The first kappa shape index (κ1) is 14.4. The topological polar surface area (TPSA) is 66.4 Å². The number of carboxylic acids is 1. The highest BCUT2D eigenvalue weighted by Crippen LogP contribution is 2.33. The van der Waals surface area contributed by atoms with Crippen molar-refractivity contribution in [1.82, 2.24) is 5.32 Å². The van der Waals surface area contributed by atoms with Crippen molar-refractivity contribution in [3.8, 4) is 0 Å². The van der Waals surface area contributed by atoms with Crippen LogP contribution in [0.3, 0.4) is 0 Å². The second-order valence-corrected chi connectivity index (χ2v) is 5.01. The molecule has 0 unspecified atom stereocenters. The molecule has 1 aromatic carbocycles. The molecule has 0 saturated heterocycles. The van der Waals surface area contributed by atoms with Gasteiger partial charge in [0.1, 0.15) is 17.7 Å². The van der Waals surface area contributed by atoms with Crippen molar-refractivity contribution in [3.63, 3.8) is 0 Å². The van der Waals surface area contributed by atoms with E-state index in [0.717, 1.165) is 25.0 Å². The van der Waals surface area contributed by atoms with E-state index < -0.39 is 36.0 Å². The zero-order valence-corrected chi connectivity index (χ0v) is 10.7. The second kappa shape index (κ2) is 5.98. The van der Waals surface area contributed by atoms with Crippen LogP contribution in [0.15, 0.2) is 18.2 Å². The van der Waals surface area contributed by atoms with Gasteiger partial charge in [0.2, 0.25) is 5.91 Å². The molecule has 2 rings (SSSR count). The second-order valence-electron chi connectivity index (χ2n) is 5.01. The van der Waals surface area contributed by atoms with Gasteiger partial charge in [-0.05, 0) is 24.5 Å². The third-order valence-electron chi connectivity index (χ3n) is 3.30. The third kappa shape index (κ3) is 3.76. The maximum absolute atomic E-state index is 13.4. The highest BCUT2D eigenvalue weighted by atomic mass is 19.1. The fourth-order valence-electron chi connectivity index (χ4n) is 2.02. The van der Waals surface area contributed by atoms with E-state index in [1.165, 1.54) is 6.07 Å². The van der Waals surface area contributed by atoms with Crippen molar-refractivity contribution in [2.24, 2.45) is 5.92 Å². The Kier molecular flexibility index (Phi) is 4.32. The van der Waals surface area contributed by atoms with Gasteiger partial charge in [-0.15, -0.1) is 0 Å². The first-order valence-electron chi connectivity index (χ1n) is 6.42. The molecule has 1 aliphatic carbocycles. The van der Waals surface area contributed by atoms with Crippen LogP contribution in [0.5, 0.6) is 0 Å². The summed E-state index contributed by atoms with van der Waals surface area (Å²) in [5.41, 5.74) is -0.347. The summed E-state index contributed by atoms with van der Waals surface area (Å²) in [6.45, 7) is 0. The predicted octanol–water partition coefficient (Wildman–Crippen LogP) is 1.88. The van der Waals surface area contributed by atoms with Crippen molar-refractivity contribution in [2.75, 3.05) is 0 Å².